The van der Waals surface area contributed by atoms with Crippen LogP contribution >= 0.6 is 27.3 Å². The van der Waals surface area contributed by atoms with E-state index in [1.54, 1.807) is 5.51 Å². The Balaban J connectivity index is 2.26. The molecule has 1 N–H and O–H groups in total. The van der Waals surface area contributed by atoms with Crippen molar-refractivity contribution < 1.29 is 0 Å². The van der Waals surface area contributed by atoms with Gasteiger partial charge in [0.05, 0.1) is 5.51 Å². The van der Waals surface area contributed by atoms with Crippen LogP contribution in [-0.4, -0.2) is 4.98 Å². The molecule has 0 aliphatic rings. The van der Waals surface area contributed by atoms with Gasteiger partial charge in [-0.2, -0.15) is 5.26 Å². The van der Waals surface area contributed by atoms with Crippen molar-refractivity contribution in [3.8, 4) is 6.07 Å². The van der Waals surface area contributed by atoms with Crippen LogP contribution in [0.25, 0.3) is 0 Å². The molecule has 2 aromatic rings. The van der Waals surface area contributed by atoms with E-state index in [0.717, 1.165) is 10.2 Å². The zero-order valence-corrected chi connectivity index (χ0v) is 9.97. The van der Waals surface area contributed by atoms with Crippen molar-refractivity contribution in [2.45, 2.75) is 0 Å². The van der Waals surface area contributed by atoms with Gasteiger partial charge in [0.1, 0.15) is 10.9 Å². The summed E-state index contributed by atoms with van der Waals surface area (Å²) in [6.45, 7) is 0. The third-order valence-electron chi connectivity index (χ3n) is 1.76. The highest BCUT2D eigenvalue weighted by Crippen LogP contribution is 2.23. The molecule has 0 atom stereocenters. The lowest BCUT2D eigenvalue weighted by atomic mass is 10.3. The fraction of sp³-hybridized carbons (Fsp3) is 0. The maximum atomic E-state index is 8.81. The zero-order valence-electron chi connectivity index (χ0n) is 7.57. The summed E-state index contributed by atoms with van der Waals surface area (Å²) in [4.78, 5) is 4.67. The van der Waals surface area contributed by atoms with E-state index >= 15 is 0 Å². The SMILES string of the molecule is N#Cc1scnc1Nc1cccc(Br)c1. The van der Waals surface area contributed by atoms with Gasteiger partial charge in [-0.3, -0.25) is 0 Å². The quantitative estimate of drug-likeness (QED) is 0.915. The number of halogens is 1. The number of rotatable bonds is 2. The Kier molecular flexibility index (Phi) is 2.99. The fourth-order valence-electron chi connectivity index (χ4n) is 1.12. The Morgan fingerprint density at radius 1 is 1.47 bits per heavy atom. The van der Waals surface area contributed by atoms with Crippen molar-refractivity contribution in [1.82, 2.24) is 4.98 Å². The van der Waals surface area contributed by atoms with Crippen molar-refractivity contribution in [1.29, 1.82) is 5.26 Å². The predicted molar refractivity (Wildman–Crippen MR) is 64.3 cm³/mol. The molecule has 0 radical (unpaired) electrons. The standard InChI is InChI=1S/C10H6BrN3S/c11-7-2-1-3-8(4-7)14-10-9(5-12)15-6-13-10/h1-4,6,14H. The van der Waals surface area contributed by atoms with Crippen LogP contribution in [0, 0.1) is 11.3 Å². The van der Waals surface area contributed by atoms with Crippen molar-refractivity contribution in [3.63, 3.8) is 0 Å². The number of nitriles is 1. The number of aromatic nitrogens is 1. The van der Waals surface area contributed by atoms with Gasteiger partial charge >= 0.3 is 0 Å². The first-order chi connectivity index (χ1) is 7.29. The number of hydrogen-bond acceptors (Lipinski definition) is 4. The van der Waals surface area contributed by atoms with Gasteiger partial charge in [-0.25, -0.2) is 4.98 Å². The van der Waals surface area contributed by atoms with Crippen molar-refractivity contribution in [3.05, 3.63) is 39.1 Å². The highest BCUT2D eigenvalue weighted by atomic mass is 79.9. The first kappa shape index (κ1) is 10.1. The largest absolute Gasteiger partial charge is 0.338 e. The van der Waals surface area contributed by atoms with Gasteiger partial charge in [0.15, 0.2) is 5.82 Å². The van der Waals surface area contributed by atoms with Gasteiger partial charge in [0.25, 0.3) is 0 Å². The zero-order chi connectivity index (χ0) is 10.7. The average molecular weight is 280 g/mol. The van der Waals surface area contributed by atoms with Crippen LogP contribution in [0.2, 0.25) is 0 Å². The normalized spacial score (nSPS) is 9.60. The second-order valence-electron chi connectivity index (χ2n) is 2.78. The van der Waals surface area contributed by atoms with Crippen LogP contribution in [0.15, 0.2) is 34.2 Å². The van der Waals surface area contributed by atoms with Gasteiger partial charge in [-0.15, -0.1) is 11.3 Å². The Labute approximate surface area is 99.5 Å². The van der Waals surface area contributed by atoms with Gasteiger partial charge in [-0.1, -0.05) is 22.0 Å². The molecule has 5 heteroatoms. The number of anilines is 2. The molecule has 0 bridgehead atoms. The second-order valence-corrected chi connectivity index (χ2v) is 4.55. The molecule has 0 spiro atoms. The van der Waals surface area contributed by atoms with E-state index in [0.29, 0.717) is 10.7 Å². The molecule has 0 unspecified atom stereocenters. The summed E-state index contributed by atoms with van der Waals surface area (Å²) < 4.78 is 0.987. The molecule has 1 aromatic carbocycles. The van der Waals surface area contributed by atoms with Crippen molar-refractivity contribution in [2.24, 2.45) is 0 Å². The average Bonchev–Trinajstić information content (AvgIpc) is 2.65. The van der Waals surface area contributed by atoms with Crippen LogP contribution in [0.1, 0.15) is 4.88 Å². The lowest BCUT2D eigenvalue weighted by molar-refractivity contribution is 1.36. The molecule has 2 rings (SSSR count). The van der Waals surface area contributed by atoms with Gasteiger partial charge in [0, 0.05) is 10.2 Å². The Bertz CT molecular complexity index is 515. The van der Waals surface area contributed by atoms with E-state index in [1.807, 2.05) is 24.3 Å². The van der Waals surface area contributed by atoms with Gasteiger partial charge in [-0.05, 0) is 18.2 Å². The molecule has 0 aliphatic carbocycles. The molecule has 0 aliphatic heterocycles. The molecule has 3 nitrogen and oxygen atoms in total. The van der Waals surface area contributed by atoms with Crippen LogP contribution in [-0.2, 0) is 0 Å². The molecule has 1 heterocycles. The number of nitrogens with one attached hydrogen (secondary N) is 1. The minimum atomic E-state index is 0.593. The molecule has 0 fully saturated rings. The number of hydrogen-bond donors (Lipinski definition) is 1. The predicted octanol–water partition coefficient (Wildman–Crippen LogP) is 3.52. The van der Waals surface area contributed by atoms with E-state index in [9.17, 15) is 0 Å². The minimum Gasteiger partial charge on any atom is -0.338 e. The fourth-order valence-corrected chi connectivity index (χ4v) is 2.05. The monoisotopic (exact) mass is 279 g/mol. The Hall–Kier alpha value is -1.38. The number of benzene rings is 1. The van der Waals surface area contributed by atoms with E-state index in [2.05, 4.69) is 32.3 Å². The maximum absolute atomic E-state index is 8.81. The lowest BCUT2D eigenvalue weighted by Gasteiger charge is -2.03. The summed E-state index contributed by atoms with van der Waals surface area (Å²) in [5.41, 5.74) is 2.56. The summed E-state index contributed by atoms with van der Waals surface area (Å²) >= 11 is 4.71. The van der Waals surface area contributed by atoms with Gasteiger partial charge < -0.3 is 5.32 Å². The second kappa shape index (κ2) is 4.43. The van der Waals surface area contributed by atoms with Crippen molar-refractivity contribution in [2.75, 3.05) is 5.32 Å². The summed E-state index contributed by atoms with van der Waals surface area (Å²) in [7, 11) is 0. The Morgan fingerprint density at radius 3 is 3.07 bits per heavy atom. The highest BCUT2D eigenvalue weighted by Gasteiger charge is 2.04. The van der Waals surface area contributed by atoms with Crippen LogP contribution in [0.3, 0.4) is 0 Å². The van der Waals surface area contributed by atoms with E-state index in [-0.39, 0.29) is 0 Å². The highest BCUT2D eigenvalue weighted by molar-refractivity contribution is 9.10. The smallest absolute Gasteiger partial charge is 0.159 e. The van der Waals surface area contributed by atoms with E-state index in [1.165, 1.54) is 11.3 Å². The lowest BCUT2D eigenvalue weighted by Crippen LogP contribution is -1.91. The molecule has 0 saturated carbocycles. The summed E-state index contributed by atoms with van der Waals surface area (Å²) in [6.07, 6.45) is 0. The molecule has 1 aromatic heterocycles. The number of thiazole rings is 1. The van der Waals surface area contributed by atoms with Crippen LogP contribution in [0.5, 0.6) is 0 Å². The third kappa shape index (κ3) is 2.35. The topological polar surface area (TPSA) is 48.7 Å². The molecule has 0 saturated heterocycles. The maximum Gasteiger partial charge on any atom is 0.159 e. The molecular formula is C10H6BrN3S. The summed E-state index contributed by atoms with van der Waals surface area (Å²) in [6, 6.07) is 9.81. The number of nitrogens with zero attached hydrogens (tertiary/aromatic N) is 2. The molecule has 74 valence electrons. The minimum absolute atomic E-state index is 0.593. The first-order valence-electron chi connectivity index (χ1n) is 4.16. The summed E-state index contributed by atoms with van der Waals surface area (Å²) in [5, 5.41) is 11.9. The van der Waals surface area contributed by atoms with E-state index in [4.69, 9.17) is 5.26 Å². The summed E-state index contributed by atoms with van der Waals surface area (Å²) in [5.74, 6) is 0.612. The van der Waals surface area contributed by atoms with Crippen molar-refractivity contribution >= 4 is 38.8 Å². The van der Waals surface area contributed by atoms with Crippen LogP contribution in [0.4, 0.5) is 11.5 Å². The first-order valence-corrected chi connectivity index (χ1v) is 5.83. The van der Waals surface area contributed by atoms with Gasteiger partial charge in [0.2, 0.25) is 0 Å². The molecule has 15 heavy (non-hydrogen) atoms. The van der Waals surface area contributed by atoms with Crippen LogP contribution < -0.4 is 5.32 Å². The molecule has 0 amide bonds. The third-order valence-corrected chi connectivity index (χ3v) is 2.98. The van der Waals surface area contributed by atoms with E-state index < -0.39 is 0 Å². The molecular weight excluding hydrogens is 274 g/mol. The Morgan fingerprint density at radius 2 is 2.33 bits per heavy atom.